The normalized spacial score (nSPS) is 18.8. The third-order valence-corrected chi connectivity index (χ3v) is 5.34. The van der Waals surface area contributed by atoms with Crippen LogP contribution in [0.1, 0.15) is 33.6 Å². The summed E-state index contributed by atoms with van der Waals surface area (Å²) < 4.78 is 17.2. The second-order valence-electron chi connectivity index (χ2n) is 7.19. The summed E-state index contributed by atoms with van der Waals surface area (Å²) in [5.41, 5.74) is 1.65. The number of amides is 1. The Bertz CT molecular complexity index is 655. The Morgan fingerprint density at radius 3 is 2.36 bits per heavy atom. The number of anilines is 2. The van der Waals surface area contributed by atoms with Crippen LogP contribution in [-0.2, 0) is 9.53 Å². The van der Waals surface area contributed by atoms with Crippen LogP contribution in [0.5, 0.6) is 11.5 Å². The van der Waals surface area contributed by atoms with Gasteiger partial charge in [0.2, 0.25) is 5.91 Å². The molecule has 0 aliphatic carbocycles. The highest BCUT2D eigenvalue weighted by atomic mass is 16.5. The molecular formula is C21H33N3O4. The molecule has 7 heteroatoms. The molecule has 1 aromatic rings. The Balaban J connectivity index is 1.85. The number of hydrogen-bond donors (Lipinski definition) is 1. The molecule has 0 saturated carbocycles. The van der Waals surface area contributed by atoms with Crippen molar-refractivity contribution in [2.45, 2.75) is 39.7 Å². The number of morpholine rings is 1. The van der Waals surface area contributed by atoms with Crippen molar-refractivity contribution in [3.8, 4) is 11.5 Å². The third kappa shape index (κ3) is 4.89. The van der Waals surface area contributed by atoms with E-state index in [1.165, 1.54) is 0 Å². The molecule has 0 bridgehead atoms. The minimum Gasteiger partial charge on any atom is -0.492 e. The summed E-state index contributed by atoms with van der Waals surface area (Å²) in [4.78, 5) is 17.3. The van der Waals surface area contributed by atoms with Gasteiger partial charge in [0, 0.05) is 25.2 Å². The van der Waals surface area contributed by atoms with E-state index in [1.807, 2.05) is 32.9 Å². The third-order valence-electron chi connectivity index (χ3n) is 5.34. The average Bonchev–Trinajstić information content (AvgIpc) is 3.25. The number of carbonyl (C=O) groups excluding carboxylic acids is 1. The average molecular weight is 392 g/mol. The molecule has 2 fully saturated rings. The van der Waals surface area contributed by atoms with E-state index in [1.54, 1.807) is 0 Å². The number of carbonyl (C=O) groups is 1. The summed E-state index contributed by atoms with van der Waals surface area (Å²) >= 11 is 0. The van der Waals surface area contributed by atoms with Crippen LogP contribution in [0.3, 0.4) is 0 Å². The van der Waals surface area contributed by atoms with Crippen molar-refractivity contribution in [1.29, 1.82) is 0 Å². The fourth-order valence-corrected chi connectivity index (χ4v) is 3.78. The van der Waals surface area contributed by atoms with Crippen LogP contribution < -0.4 is 19.7 Å². The van der Waals surface area contributed by atoms with Gasteiger partial charge in [0.15, 0.2) is 0 Å². The topological polar surface area (TPSA) is 63.3 Å². The van der Waals surface area contributed by atoms with Crippen LogP contribution >= 0.6 is 0 Å². The number of rotatable bonds is 8. The fourth-order valence-electron chi connectivity index (χ4n) is 3.78. The lowest BCUT2D eigenvalue weighted by molar-refractivity contribution is -0.120. The molecule has 1 unspecified atom stereocenters. The second kappa shape index (κ2) is 9.98. The summed E-state index contributed by atoms with van der Waals surface area (Å²) in [7, 11) is 0. The van der Waals surface area contributed by atoms with Crippen LogP contribution in [0.4, 0.5) is 11.4 Å². The van der Waals surface area contributed by atoms with Crippen molar-refractivity contribution < 1.29 is 19.0 Å². The number of likely N-dealkylation sites (tertiary alicyclic amines) is 1. The van der Waals surface area contributed by atoms with Crippen LogP contribution in [0.15, 0.2) is 12.1 Å². The number of hydrogen-bond acceptors (Lipinski definition) is 6. The zero-order chi connectivity index (χ0) is 19.9. The molecule has 156 valence electrons. The van der Waals surface area contributed by atoms with Crippen molar-refractivity contribution >= 4 is 17.3 Å². The molecule has 28 heavy (non-hydrogen) atoms. The quantitative estimate of drug-likeness (QED) is 0.735. The summed E-state index contributed by atoms with van der Waals surface area (Å²) in [5, 5.41) is 3.07. The maximum Gasteiger partial charge on any atom is 0.241 e. The standard InChI is InChI=1S/C21H33N3O4/c1-4-27-19-15-18(24-10-12-26-13-11-24)20(28-5-2)14-17(19)22-21(25)16(3)23-8-6-7-9-23/h14-16H,4-13H2,1-3H3,(H,22,25). The maximum atomic E-state index is 12.8. The monoisotopic (exact) mass is 391 g/mol. The Morgan fingerprint density at radius 1 is 1.07 bits per heavy atom. The molecule has 1 amide bonds. The van der Waals surface area contributed by atoms with E-state index in [0.717, 1.165) is 50.5 Å². The first-order chi connectivity index (χ1) is 13.6. The predicted molar refractivity (Wildman–Crippen MR) is 111 cm³/mol. The molecule has 3 rings (SSSR count). The van der Waals surface area contributed by atoms with E-state index in [9.17, 15) is 4.79 Å². The highest BCUT2D eigenvalue weighted by Gasteiger charge is 2.26. The minimum atomic E-state index is -0.161. The Labute approximate surface area is 167 Å². The summed E-state index contributed by atoms with van der Waals surface area (Å²) in [5.74, 6) is 1.43. The van der Waals surface area contributed by atoms with Gasteiger partial charge in [-0.05, 0) is 46.7 Å². The molecule has 7 nitrogen and oxygen atoms in total. The smallest absolute Gasteiger partial charge is 0.241 e. The lowest BCUT2D eigenvalue weighted by Crippen LogP contribution is -2.40. The van der Waals surface area contributed by atoms with Gasteiger partial charge in [0.1, 0.15) is 11.5 Å². The number of nitrogens with zero attached hydrogens (tertiary/aromatic N) is 2. The lowest BCUT2D eigenvalue weighted by Gasteiger charge is -2.31. The summed E-state index contributed by atoms with van der Waals surface area (Å²) in [6.45, 7) is 11.9. The largest absolute Gasteiger partial charge is 0.492 e. The molecule has 2 heterocycles. The Kier molecular flexibility index (Phi) is 7.39. The van der Waals surface area contributed by atoms with Gasteiger partial charge in [0.25, 0.3) is 0 Å². The van der Waals surface area contributed by atoms with Crippen molar-refractivity contribution in [2.24, 2.45) is 0 Å². The van der Waals surface area contributed by atoms with Gasteiger partial charge >= 0.3 is 0 Å². The van der Waals surface area contributed by atoms with E-state index in [-0.39, 0.29) is 11.9 Å². The van der Waals surface area contributed by atoms with Gasteiger partial charge in [0.05, 0.1) is 43.8 Å². The van der Waals surface area contributed by atoms with Crippen LogP contribution in [0, 0.1) is 0 Å². The van der Waals surface area contributed by atoms with Crippen molar-refractivity contribution in [1.82, 2.24) is 4.90 Å². The van der Waals surface area contributed by atoms with Crippen molar-refractivity contribution in [2.75, 3.05) is 62.8 Å². The minimum absolute atomic E-state index is 0.00979. The molecule has 0 aromatic heterocycles. The van der Waals surface area contributed by atoms with Gasteiger partial charge < -0.3 is 24.4 Å². The first kappa shape index (κ1) is 20.7. The van der Waals surface area contributed by atoms with Crippen LogP contribution in [0.25, 0.3) is 0 Å². The summed E-state index contributed by atoms with van der Waals surface area (Å²) in [6, 6.07) is 3.72. The van der Waals surface area contributed by atoms with Gasteiger partial charge in [-0.2, -0.15) is 0 Å². The highest BCUT2D eigenvalue weighted by Crippen LogP contribution is 2.39. The van der Waals surface area contributed by atoms with E-state index in [4.69, 9.17) is 14.2 Å². The molecule has 2 saturated heterocycles. The molecule has 2 aliphatic heterocycles. The Hall–Kier alpha value is -1.99. The van der Waals surface area contributed by atoms with E-state index in [2.05, 4.69) is 15.1 Å². The van der Waals surface area contributed by atoms with Crippen LogP contribution in [0.2, 0.25) is 0 Å². The maximum absolute atomic E-state index is 12.8. The molecular weight excluding hydrogens is 358 g/mol. The van der Waals surface area contributed by atoms with Crippen molar-refractivity contribution in [3.05, 3.63) is 12.1 Å². The van der Waals surface area contributed by atoms with E-state index < -0.39 is 0 Å². The molecule has 0 radical (unpaired) electrons. The zero-order valence-corrected chi connectivity index (χ0v) is 17.3. The first-order valence-corrected chi connectivity index (χ1v) is 10.4. The van der Waals surface area contributed by atoms with Gasteiger partial charge in [-0.25, -0.2) is 0 Å². The van der Waals surface area contributed by atoms with E-state index in [0.29, 0.717) is 37.9 Å². The first-order valence-electron chi connectivity index (χ1n) is 10.4. The molecule has 1 N–H and O–H groups in total. The Morgan fingerprint density at radius 2 is 1.71 bits per heavy atom. The van der Waals surface area contributed by atoms with Gasteiger partial charge in [-0.1, -0.05) is 0 Å². The molecule has 1 atom stereocenters. The van der Waals surface area contributed by atoms with Gasteiger partial charge in [-0.3, -0.25) is 9.69 Å². The second-order valence-corrected chi connectivity index (χ2v) is 7.19. The van der Waals surface area contributed by atoms with E-state index >= 15 is 0 Å². The SMILES string of the molecule is CCOc1cc(N2CCOCC2)c(OCC)cc1NC(=O)C(C)N1CCCC1. The molecule has 2 aliphatic rings. The number of benzene rings is 1. The highest BCUT2D eigenvalue weighted by molar-refractivity contribution is 5.96. The number of ether oxygens (including phenoxy) is 3. The van der Waals surface area contributed by atoms with Gasteiger partial charge in [-0.15, -0.1) is 0 Å². The molecule has 1 aromatic carbocycles. The zero-order valence-electron chi connectivity index (χ0n) is 17.3. The lowest BCUT2D eigenvalue weighted by atomic mass is 10.2. The summed E-state index contributed by atoms with van der Waals surface area (Å²) in [6.07, 6.45) is 2.31. The van der Waals surface area contributed by atoms with Crippen LogP contribution in [-0.4, -0.2) is 69.5 Å². The fraction of sp³-hybridized carbons (Fsp3) is 0.667. The number of nitrogens with one attached hydrogen (secondary N) is 1. The predicted octanol–water partition coefficient (Wildman–Crippen LogP) is 2.74. The molecule has 0 spiro atoms. The van der Waals surface area contributed by atoms with Crippen molar-refractivity contribution in [3.63, 3.8) is 0 Å².